The van der Waals surface area contributed by atoms with E-state index in [4.69, 9.17) is 0 Å². The Hall–Kier alpha value is -2.00. The quantitative estimate of drug-likeness (QED) is 0.453. The van der Waals surface area contributed by atoms with Crippen molar-refractivity contribution in [1.82, 2.24) is 0 Å². The van der Waals surface area contributed by atoms with Crippen molar-refractivity contribution in [3.63, 3.8) is 0 Å². The van der Waals surface area contributed by atoms with Crippen LogP contribution in [0.4, 0.5) is 0 Å². The molecule has 5 nitrogen and oxygen atoms in total. The van der Waals surface area contributed by atoms with E-state index in [0.717, 1.165) is 12.8 Å². The first-order chi connectivity index (χ1) is 10.2. The summed E-state index contributed by atoms with van der Waals surface area (Å²) in [5, 5.41) is 0. The minimum Gasteiger partial charge on any atom is -0.465 e. The normalized spacial score (nSPS) is 16.9. The number of hydrogen-bond acceptors (Lipinski definition) is 5. The highest BCUT2D eigenvalue weighted by Gasteiger charge is 2.27. The topological polar surface area (TPSA) is 77.5 Å². The number of hydrogen-bond donors (Lipinski definition) is 0. The Kier molecular flexibility index (Phi) is 12.9. The molecule has 1 rings (SSSR count). The van der Waals surface area contributed by atoms with Crippen LogP contribution in [-0.4, -0.2) is 29.9 Å². The third-order valence-corrected chi connectivity index (χ3v) is 3.05. The molecule has 0 heterocycles. The Morgan fingerprint density at radius 1 is 1.32 bits per heavy atom. The van der Waals surface area contributed by atoms with Gasteiger partial charge in [0.15, 0.2) is 0 Å². The van der Waals surface area contributed by atoms with E-state index in [1.807, 2.05) is 0 Å². The van der Waals surface area contributed by atoms with Crippen molar-refractivity contribution in [2.24, 2.45) is 11.8 Å². The highest BCUT2D eigenvalue weighted by atomic mass is 16.5. The molecule has 2 unspecified atom stereocenters. The standard InChI is InChI=1S/C7H12O3.C7H10O2.C3H4/c1-4-10-7(9)5(2)6(3)8;1-5(8)6-3-2-4-7(6)9;1-3-2/h5H,4H2,1-3H3;6H,2-4H2,1H3;1-2H2. The molecule has 0 bridgehead atoms. The van der Waals surface area contributed by atoms with Gasteiger partial charge in [0.25, 0.3) is 0 Å². The van der Waals surface area contributed by atoms with Gasteiger partial charge >= 0.3 is 5.97 Å². The van der Waals surface area contributed by atoms with Crippen LogP contribution < -0.4 is 0 Å². The van der Waals surface area contributed by atoms with Gasteiger partial charge in [0.2, 0.25) is 0 Å². The Morgan fingerprint density at radius 2 is 1.82 bits per heavy atom. The molecule has 2 atom stereocenters. The van der Waals surface area contributed by atoms with E-state index in [-0.39, 0.29) is 23.3 Å². The van der Waals surface area contributed by atoms with Crippen molar-refractivity contribution < 1.29 is 23.9 Å². The fourth-order valence-electron chi connectivity index (χ4n) is 1.68. The predicted molar refractivity (Wildman–Crippen MR) is 84.3 cm³/mol. The fraction of sp³-hybridized carbons (Fsp3) is 0.588. The fourth-order valence-corrected chi connectivity index (χ4v) is 1.68. The molecule has 0 N–H and O–H groups in total. The van der Waals surface area contributed by atoms with Gasteiger partial charge in [0.05, 0.1) is 12.5 Å². The summed E-state index contributed by atoms with van der Waals surface area (Å²) in [7, 11) is 0. The lowest BCUT2D eigenvalue weighted by Gasteiger charge is -2.04. The molecule has 5 heteroatoms. The molecule has 22 heavy (non-hydrogen) atoms. The molecule has 124 valence electrons. The third-order valence-electron chi connectivity index (χ3n) is 3.05. The molecule has 1 aliphatic carbocycles. The lowest BCUT2D eigenvalue weighted by atomic mass is 10.0. The summed E-state index contributed by atoms with van der Waals surface area (Å²) in [6.07, 6.45) is 2.31. The molecule has 0 saturated heterocycles. The zero-order chi connectivity index (χ0) is 17.7. The molecule has 0 aliphatic heterocycles. The van der Waals surface area contributed by atoms with E-state index >= 15 is 0 Å². The molecule has 0 spiro atoms. The number of carbonyl (C=O) groups excluding carboxylic acids is 4. The largest absolute Gasteiger partial charge is 0.465 e. The van der Waals surface area contributed by atoms with E-state index in [2.05, 4.69) is 23.6 Å². The summed E-state index contributed by atoms with van der Waals surface area (Å²) in [4.78, 5) is 42.7. The lowest BCUT2D eigenvalue weighted by Crippen LogP contribution is -2.20. The van der Waals surface area contributed by atoms with Crippen LogP contribution in [0.5, 0.6) is 0 Å². The second-order valence-electron chi connectivity index (χ2n) is 4.86. The average Bonchev–Trinajstić information content (AvgIpc) is 2.86. The predicted octanol–water partition coefficient (Wildman–Crippen LogP) is 2.68. The van der Waals surface area contributed by atoms with Crippen molar-refractivity contribution in [2.45, 2.75) is 47.0 Å². The third kappa shape index (κ3) is 9.83. The molecule has 1 aliphatic rings. The zero-order valence-electron chi connectivity index (χ0n) is 13.9. The number of rotatable bonds is 4. The number of carbonyl (C=O) groups is 4. The first-order valence-corrected chi connectivity index (χ1v) is 7.22. The SMILES string of the molecule is C=C=C.CC(=O)C1CCCC1=O.CCOC(=O)C(C)C(C)=O. The maximum atomic E-state index is 10.8. The first-order valence-electron chi connectivity index (χ1n) is 7.22. The van der Waals surface area contributed by atoms with Gasteiger partial charge in [0, 0.05) is 6.42 Å². The van der Waals surface area contributed by atoms with Crippen molar-refractivity contribution >= 4 is 23.3 Å². The molecule has 0 aromatic carbocycles. The van der Waals surface area contributed by atoms with Crippen molar-refractivity contribution in [3.05, 3.63) is 18.9 Å². The van der Waals surface area contributed by atoms with E-state index < -0.39 is 11.9 Å². The number of Topliss-reactive ketones (excluding diaryl/α,β-unsaturated/α-hetero) is 3. The minimum atomic E-state index is -0.611. The smallest absolute Gasteiger partial charge is 0.316 e. The van der Waals surface area contributed by atoms with Crippen LogP contribution in [0.15, 0.2) is 18.9 Å². The molecule has 0 aromatic heterocycles. The van der Waals surface area contributed by atoms with Gasteiger partial charge in [-0.2, -0.15) is 0 Å². The Balaban J connectivity index is 0. The molecular formula is C17H26O5. The van der Waals surface area contributed by atoms with Crippen LogP contribution in [0.25, 0.3) is 0 Å². The van der Waals surface area contributed by atoms with Gasteiger partial charge in [-0.1, -0.05) is 13.2 Å². The zero-order valence-corrected chi connectivity index (χ0v) is 13.9. The van der Waals surface area contributed by atoms with Crippen LogP contribution in [0.2, 0.25) is 0 Å². The maximum absolute atomic E-state index is 10.8. The summed E-state index contributed by atoms with van der Waals surface area (Å²) in [5.41, 5.74) is 2.25. The molecule has 0 radical (unpaired) electrons. The summed E-state index contributed by atoms with van der Waals surface area (Å²) in [6.45, 7) is 12.7. The van der Waals surface area contributed by atoms with Gasteiger partial charge in [-0.05, 0) is 40.5 Å². The summed E-state index contributed by atoms with van der Waals surface area (Å²) in [6, 6.07) is 0. The van der Waals surface area contributed by atoms with E-state index in [1.165, 1.54) is 13.8 Å². The summed E-state index contributed by atoms with van der Waals surface area (Å²) >= 11 is 0. The first kappa shape index (κ1) is 22.3. The van der Waals surface area contributed by atoms with Gasteiger partial charge < -0.3 is 4.74 Å². The van der Waals surface area contributed by atoms with E-state index in [9.17, 15) is 19.2 Å². The lowest BCUT2D eigenvalue weighted by molar-refractivity contribution is -0.150. The van der Waals surface area contributed by atoms with Crippen LogP contribution in [-0.2, 0) is 23.9 Å². The second kappa shape index (κ2) is 12.7. The highest BCUT2D eigenvalue weighted by Crippen LogP contribution is 2.21. The number of ether oxygens (including phenoxy) is 1. The Labute approximate surface area is 132 Å². The van der Waals surface area contributed by atoms with Gasteiger partial charge in [-0.25, -0.2) is 0 Å². The minimum absolute atomic E-state index is 0.0394. The highest BCUT2D eigenvalue weighted by molar-refractivity contribution is 6.02. The molecule has 0 aromatic rings. The monoisotopic (exact) mass is 310 g/mol. The van der Waals surface area contributed by atoms with Crippen LogP contribution in [0.1, 0.15) is 47.0 Å². The average molecular weight is 310 g/mol. The number of esters is 1. The molecule has 0 amide bonds. The van der Waals surface area contributed by atoms with Crippen molar-refractivity contribution in [3.8, 4) is 0 Å². The van der Waals surface area contributed by atoms with E-state index in [1.54, 1.807) is 13.8 Å². The Bertz CT molecular complexity index is 430. The summed E-state index contributed by atoms with van der Waals surface area (Å²) < 4.78 is 4.61. The maximum Gasteiger partial charge on any atom is 0.316 e. The van der Waals surface area contributed by atoms with Crippen molar-refractivity contribution in [2.75, 3.05) is 6.61 Å². The van der Waals surface area contributed by atoms with Gasteiger partial charge in [-0.3, -0.25) is 19.2 Å². The van der Waals surface area contributed by atoms with Crippen molar-refractivity contribution in [1.29, 1.82) is 0 Å². The molecular weight excluding hydrogens is 284 g/mol. The molecule has 1 fully saturated rings. The Morgan fingerprint density at radius 3 is 2.05 bits per heavy atom. The van der Waals surface area contributed by atoms with Crippen LogP contribution in [0, 0.1) is 11.8 Å². The second-order valence-corrected chi connectivity index (χ2v) is 4.86. The van der Waals surface area contributed by atoms with E-state index in [0.29, 0.717) is 13.0 Å². The van der Waals surface area contributed by atoms with Gasteiger partial charge in [-0.15, -0.1) is 5.73 Å². The number of ketones is 3. The van der Waals surface area contributed by atoms with Crippen LogP contribution in [0.3, 0.4) is 0 Å². The van der Waals surface area contributed by atoms with Crippen LogP contribution >= 0.6 is 0 Å². The summed E-state index contributed by atoms with van der Waals surface area (Å²) in [5.74, 6) is -1.27. The molecule has 1 saturated carbocycles. The van der Waals surface area contributed by atoms with Gasteiger partial charge in [0.1, 0.15) is 23.3 Å².